The number of rotatable bonds is 5. The summed E-state index contributed by atoms with van der Waals surface area (Å²) in [4.78, 5) is 15.1. The number of halogens is 1. The van der Waals surface area contributed by atoms with E-state index < -0.39 is 0 Å². The lowest BCUT2D eigenvalue weighted by molar-refractivity contribution is -0.122. The lowest BCUT2D eigenvalue weighted by Crippen LogP contribution is -2.28. The van der Waals surface area contributed by atoms with Gasteiger partial charge in [0, 0.05) is 34.3 Å². The molecular formula is C23H21FN2OS2. The van der Waals surface area contributed by atoms with Gasteiger partial charge in [-0.3, -0.25) is 9.69 Å². The Balaban J connectivity index is 1.81. The largest absolute Gasteiger partial charge is 0.340 e. The number of fused-ring (bicyclic) bond motifs is 1. The monoisotopic (exact) mass is 424 g/mol. The number of amides is 1. The molecule has 29 heavy (non-hydrogen) atoms. The molecule has 1 aromatic heterocycles. The van der Waals surface area contributed by atoms with Gasteiger partial charge >= 0.3 is 0 Å². The first kappa shape index (κ1) is 19.9. The third-order valence-corrected chi connectivity index (χ3v) is 6.54. The van der Waals surface area contributed by atoms with Crippen molar-refractivity contribution in [3.8, 4) is 0 Å². The first-order chi connectivity index (χ1) is 14.0. The minimum absolute atomic E-state index is 0.0350. The number of thioether (sulfide) groups is 1. The molecule has 0 unspecified atom stereocenters. The van der Waals surface area contributed by atoms with Crippen molar-refractivity contribution in [1.82, 2.24) is 9.47 Å². The summed E-state index contributed by atoms with van der Waals surface area (Å²) in [6.07, 6.45) is 2.80. The number of nitrogens with zero attached hydrogens (tertiary/aromatic N) is 2. The van der Waals surface area contributed by atoms with Crippen molar-refractivity contribution in [2.24, 2.45) is 0 Å². The molecule has 0 saturated carbocycles. The van der Waals surface area contributed by atoms with Crippen LogP contribution >= 0.6 is 24.0 Å². The number of thiocarbonyl (C=S) groups is 1. The lowest BCUT2D eigenvalue weighted by atomic mass is 10.1. The number of aromatic nitrogens is 1. The molecule has 1 aliphatic heterocycles. The van der Waals surface area contributed by atoms with Crippen molar-refractivity contribution < 1.29 is 9.18 Å². The Kier molecular flexibility index (Phi) is 5.56. The highest BCUT2D eigenvalue weighted by atomic mass is 32.2. The summed E-state index contributed by atoms with van der Waals surface area (Å²) in [7, 11) is 0. The third-order valence-electron chi connectivity index (χ3n) is 5.16. The molecule has 1 amide bonds. The van der Waals surface area contributed by atoms with Crippen LogP contribution in [0.2, 0.25) is 0 Å². The minimum atomic E-state index is -0.216. The second kappa shape index (κ2) is 8.13. The van der Waals surface area contributed by atoms with Crippen molar-refractivity contribution in [2.45, 2.75) is 26.8 Å². The zero-order valence-electron chi connectivity index (χ0n) is 16.3. The molecule has 3 nitrogen and oxygen atoms in total. The van der Waals surface area contributed by atoms with Crippen LogP contribution < -0.4 is 0 Å². The van der Waals surface area contributed by atoms with Crippen LogP contribution in [-0.4, -0.2) is 26.2 Å². The molecule has 2 aromatic carbocycles. The standard InChI is InChI=1S/C23H21FN2OS2/c1-3-12-25-22(27)21(29-23(25)28)13-18-15(2)26(20-11-7-5-9-17(18)20)14-16-8-4-6-10-19(16)24/h4-11,13H,3,12,14H2,1-2H3/b21-13+. The van der Waals surface area contributed by atoms with Gasteiger partial charge in [0.1, 0.15) is 10.1 Å². The van der Waals surface area contributed by atoms with E-state index in [4.69, 9.17) is 12.2 Å². The van der Waals surface area contributed by atoms with E-state index in [0.717, 1.165) is 28.6 Å². The van der Waals surface area contributed by atoms with E-state index in [9.17, 15) is 9.18 Å². The Morgan fingerprint density at radius 1 is 1.14 bits per heavy atom. The summed E-state index contributed by atoms with van der Waals surface area (Å²) >= 11 is 6.74. The van der Waals surface area contributed by atoms with Crippen molar-refractivity contribution in [3.63, 3.8) is 0 Å². The summed E-state index contributed by atoms with van der Waals surface area (Å²) < 4.78 is 17.0. The summed E-state index contributed by atoms with van der Waals surface area (Å²) in [6, 6.07) is 14.9. The van der Waals surface area contributed by atoms with Crippen LogP contribution in [0, 0.1) is 12.7 Å². The predicted molar refractivity (Wildman–Crippen MR) is 122 cm³/mol. The zero-order chi connectivity index (χ0) is 20.5. The summed E-state index contributed by atoms with van der Waals surface area (Å²) in [5.74, 6) is -0.251. The number of hydrogen-bond acceptors (Lipinski definition) is 3. The summed E-state index contributed by atoms with van der Waals surface area (Å²) in [5.41, 5.74) is 3.63. The fourth-order valence-corrected chi connectivity index (χ4v) is 4.98. The van der Waals surface area contributed by atoms with Crippen LogP contribution in [0.4, 0.5) is 4.39 Å². The molecule has 6 heteroatoms. The molecule has 2 heterocycles. The molecule has 0 spiro atoms. The normalized spacial score (nSPS) is 15.8. The zero-order valence-corrected chi connectivity index (χ0v) is 17.9. The lowest BCUT2D eigenvalue weighted by Gasteiger charge is -2.12. The van der Waals surface area contributed by atoms with Crippen molar-refractivity contribution >= 4 is 51.2 Å². The van der Waals surface area contributed by atoms with E-state index in [1.807, 2.05) is 50.3 Å². The number of carbonyl (C=O) groups is 1. The smallest absolute Gasteiger partial charge is 0.266 e. The van der Waals surface area contributed by atoms with Crippen LogP contribution in [0.5, 0.6) is 0 Å². The first-order valence-corrected chi connectivity index (χ1v) is 10.8. The van der Waals surface area contributed by atoms with Gasteiger partial charge in [0.2, 0.25) is 0 Å². The van der Waals surface area contributed by atoms with E-state index in [1.54, 1.807) is 17.0 Å². The molecule has 0 bridgehead atoms. The molecule has 0 radical (unpaired) electrons. The molecule has 1 aliphatic rings. The van der Waals surface area contributed by atoms with Gasteiger partial charge in [-0.25, -0.2) is 4.39 Å². The second-order valence-electron chi connectivity index (χ2n) is 7.03. The number of carbonyl (C=O) groups excluding carboxylic acids is 1. The van der Waals surface area contributed by atoms with Crippen LogP contribution in [0.15, 0.2) is 53.4 Å². The average molecular weight is 425 g/mol. The first-order valence-electron chi connectivity index (χ1n) is 9.58. The minimum Gasteiger partial charge on any atom is -0.340 e. The van der Waals surface area contributed by atoms with Gasteiger partial charge in [-0.05, 0) is 31.6 Å². The van der Waals surface area contributed by atoms with E-state index in [2.05, 4.69) is 4.57 Å². The number of para-hydroxylation sites is 1. The maximum absolute atomic E-state index is 14.3. The Labute approximate surface area is 179 Å². The highest BCUT2D eigenvalue weighted by Crippen LogP contribution is 2.36. The maximum Gasteiger partial charge on any atom is 0.266 e. The Hall–Kier alpha value is -2.44. The van der Waals surface area contributed by atoms with Crippen LogP contribution in [0.3, 0.4) is 0 Å². The van der Waals surface area contributed by atoms with Gasteiger partial charge in [0.05, 0.1) is 11.4 Å². The second-order valence-corrected chi connectivity index (χ2v) is 8.70. The molecule has 0 N–H and O–H groups in total. The molecule has 0 aliphatic carbocycles. The van der Waals surface area contributed by atoms with Crippen molar-refractivity contribution in [3.05, 3.63) is 76.1 Å². The molecule has 1 saturated heterocycles. The van der Waals surface area contributed by atoms with E-state index in [-0.39, 0.29) is 11.7 Å². The van der Waals surface area contributed by atoms with Gasteiger partial charge in [0.15, 0.2) is 0 Å². The van der Waals surface area contributed by atoms with Gasteiger partial charge < -0.3 is 4.57 Å². The fourth-order valence-electron chi connectivity index (χ4n) is 3.69. The highest BCUT2D eigenvalue weighted by Gasteiger charge is 2.31. The Bertz CT molecular complexity index is 1150. The van der Waals surface area contributed by atoms with E-state index in [1.165, 1.54) is 17.8 Å². The molecule has 148 valence electrons. The Morgan fingerprint density at radius 2 is 1.86 bits per heavy atom. The number of benzene rings is 2. The molecular weight excluding hydrogens is 403 g/mol. The topological polar surface area (TPSA) is 25.2 Å². The van der Waals surface area contributed by atoms with Gasteiger partial charge in [-0.2, -0.15) is 0 Å². The Morgan fingerprint density at radius 3 is 2.62 bits per heavy atom. The fraction of sp³-hybridized carbons (Fsp3) is 0.217. The van der Waals surface area contributed by atoms with Crippen molar-refractivity contribution in [2.75, 3.05) is 6.54 Å². The molecule has 0 atom stereocenters. The molecule has 3 aromatic rings. The average Bonchev–Trinajstić information content (AvgIpc) is 3.13. The number of hydrogen-bond donors (Lipinski definition) is 0. The third kappa shape index (κ3) is 3.63. The van der Waals surface area contributed by atoms with Crippen LogP contribution in [0.25, 0.3) is 17.0 Å². The molecule has 4 rings (SSSR count). The quantitative estimate of drug-likeness (QED) is 0.385. The van der Waals surface area contributed by atoms with Gasteiger partial charge in [-0.15, -0.1) is 0 Å². The van der Waals surface area contributed by atoms with Crippen LogP contribution in [-0.2, 0) is 11.3 Å². The van der Waals surface area contributed by atoms with E-state index in [0.29, 0.717) is 27.9 Å². The van der Waals surface area contributed by atoms with Gasteiger partial charge in [0.25, 0.3) is 5.91 Å². The highest BCUT2D eigenvalue weighted by molar-refractivity contribution is 8.26. The van der Waals surface area contributed by atoms with Crippen molar-refractivity contribution in [1.29, 1.82) is 0 Å². The maximum atomic E-state index is 14.3. The predicted octanol–water partition coefficient (Wildman–Crippen LogP) is 5.75. The SMILES string of the molecule is CCCN1C(=O)/C(=C\c2c(C)n(Cc3ccccc3F)c3ccccc23)SC1=S. The summed E-state index contributed by atoms with van der Waals surface area (Å²) in [5, 5.41) is 1.04. The van der Waals surface area contributed by atoms with E-state index >= 15 is 0 Å². The van der Waals surface area contributed by atoms with Crippen LogP contribution in [0.1, 0.15) is 30.2 Å². The summed E-state index contributed by atoms with van der Waals surface area (Å²) in [6.45, 7) is 5.11. The molecule has 1 fully saturated rings. The van der Waals surface area contributed by atoms with Gasteiger partial charge in [-0.1, -0.05) is 67.3 Å².